The van der Waals surface area contributed by atoms with Crippen LogP contribution in [0.5, 0.6) is 0 Å². The monoisotopic (exact) mass is 146 g/mol. The van der Waals surface area contributed by atoms with Gasteiger partial charge in [0, 0.05) is 12.7 Å². The molecule has 1 aliphatic heterocycles. The van der Waals surface area contributed by atoms with Crippen molar-refractivity contribution in [3.8, 4) is 0 Å². The largest absolute Gasteiger partial charge is 0.379 e. The lowest BCUT2D eigenvalue weighted by Gasteiger charge is -2.14. The van der Waals surface area contributed by atoms with Crippen molar-refractivity contribution in [3.05, 3.63) is 42.6 Å². The zero-order chi connectivity index (χ0) is 7.52. The van der Waals surface area contributed by atoms with Gasteiger partial charge in [0.2, 0.25) is 0 Å². The van der Waals surface area contributed by atoms with Crippen molar-refractivity contribution in [1.29, 1.82) is 0 Å². The predicted molar refractivity (Wildman–Crippen MR) is 44.5 cm³/mol. The van der Waals surface area contributed by atoms with Crippen LogP contribution in [-0.4, -0.2) is 12.6 Å². The number of hydrogen-bond donors (Lipinski definition) is 2. The molecule has 0 spiro atoms. The first kappa shape index (κ1) is 6.68. The fraction of sp³-hybridized carbons (Fsp3) is 0.222. The molecule has 1 unspecified atom stereocenters. The van der Waals surface area contributed by atoms with Crippen molar-refractivity contribution in [2.24, 2.45) is 0 Å². The summed E-state index contributed by atoms with van der Waals surface area (Å²) in [5, 5.41) is 6.29. The van der Waals surface area contributed by atoms with Crippen LogP contribution in [0.4, 0.5) is 0 Å². The van der Waals surface area contributed by atoms with Crippen molar-refractivity contribution < 1.29 is 0 Å². The third kappa shape index (κ3) is 1.35. The molecule has 2 rings (SSSR count). The van der Waals surface area contributed by atoms with Crippen LogP contribution in [0.25, 0.3) is 0 Å². The molecule has 1 heterocycles. The summed E-state index contributed by atoms with van der Waals surface area (Å²) in [5.74, 6) is 0. The Bertz CT molecular complexity index is 226. The highest BCUT2D eigenvalue weighted by molar-refractivity contribution is 5.36. The fourth-order valence-corrected chi connectivity index (χ4v) is 1.23. The average Bonchev–Trinajstić information content (AvgIpc) is 2.28. The minimum atomic E-state index is 0.363. The Morgan fingerprint density at radius 3 is 3.45 bits per heavy atom. The van der Waals surface area contributed by atoms with Gasteiger partial charge < -0.3 is 10.6 Å². The van der Waals surface area contributed by atoms with Crippen molar-refractivity contribution in [2.45, 2.75) is 6.04 Å². The first-order valence-electron chi connectivity index (χ1n) is 3.73. The van der Waals surface area contributed by atoms with Crippen LogP contribution in [0, 0.1) is 6.54 Å². The average molecular weight is 146 g/mol. The SMILES string of the molecule is [C]1CNC2C=CC=CC2=CN1. The van der Waals surface area contributed by atoms with Crippen molar-refractivity contribution in [1.82, 2.24) is 10.6 Å². The minimum Gasteiger partial charge on any atom is -0.379 e. The van der Waals surface area contributed by atoms with Gasteiger partial charge in [0.05, 0.1) is 6.04 Å². The molecule has 0 aromatic heterocycles. The van der Waals surface area contributed by atoms with E-state index in [9.17, 15) is 0 Å². The molecular weight excluding hydrogens is 136 g/mol. The molecule has 0 aromatic carbocycles. The van der Waals surface area contributed by atoms with E-state index in [0.717, 1.165) is 6.54 Å². The van der Waals surface area contributed by atoms with E-state index in [0.29, 0.717) is 6.04 Å². The molecule has 0 saturated carbocycles. The molecule has 0 amide bonds. The Balaban J connectivity index is 2.21. The molecule has 0 bridgehead atoms. The molecule has 2 heteroatoms. The van der Waals surface area contributed by atoms with Crippen LogP contribution in [0.15, 0.2) is 36.1 Å². The topological polar surface area (TPSA) is 24.1 Å². The second-order valence-corrected chi connectivity index (χ2v) is 2.57. The van der Waals surface area contributed by atoms with Crippen molar-refractivity contribution in [2.75, 3.05) is 6.54 Å². The predicted octanol–water partition coefficient (Wildman–Crippen LogP) is 0.596. The van der Waals surface area contributed by atoms with Crippen molar-refractivity contribution in [3.63, 3.8) is 0 Å². The molecule has 56 valence electrons. The van der Waals surface area contributed by atoms with Crippen molar-refractivity contribution >= 4 is 0 Å². The third-order valence-electron chi connectivity index (χ3n) is 1.81. The zero-order valence-corrected chi connectivity index (χ0v) is 6.17. The summed E-state index contributed by atoms with van der Waals surface area (Å²) in [7, 11) is 0. The standard InChI is InChI=1S/C9H10N2/c1-2-4-9-8(3-1)7-10-5-6-11-9/h1-4,7,9-11H,6H2. The Hall–Kier alpha value is -1.02. The van der Waals surface area contributed by atoms with Gasteiger partial charge in [-0.25, -0.2) is 0 Å². The molecule has 1 aliphatic carbocycles. The summed E-state index contributed by atoms with van der Waals surface area (Å²) in [6.45, 7) is 3.78. The van der Waals surface area contributed by atoms with E-state index in [2.05, 4.69) is 35.4 Å². The van der Waals surface area contributed by atoms with E-state index in [-0.39, 0.29) is 0 Å². The van der Waals surface area contributed by atoms with Crippen LogP contribution in [0.3, 0.4) is 0 Å². The molecule has 2 N–H and O–H groups in total. The number of hydrogen-bond acceptors (Lipinski definition) is 2. The summed E-state index contributed by atoms with van der Waals surface area (Å²) in [4.78, 5) is 0. The number of rotatable bonds is 0. The van der Waals surface area contributed by atoms with Gasteiger partial charge in [-0.15, -0.1) is 0 Å². The highest BCUT2D eigenvalue weighted by Crippen LogP contribution is 2.11. The Labute approximate surface area is 66.7 Å². The molecule has 2 nitrogen and oxygen atoms in total. The van der Waals surface area contributed by atoms with Gasteiger partial charge in [0.25, 0.3) is 0 Å². The Morgan fingerprint density at radius 1 is 1.45 bits per heavy atom. The van der Waals surface area contributed by atoms with Gasteiger partial charge in [0.15, 0.2) is 0 Å². The highest BCUT2D eigenvalue weighted by Gasteiger charge is 2.11. The summed E-state index contributed by atoms with van der Waals surface area (Å²) in [6.07, 6.45) is 10.3. The lowest BCUT2D eigenvalue weighted by molar-refractivity contribution is 0.700. The maximum absolute atomic E-state index is 3.30. The molecule has 1 atom stereocenters. The Morgan fingerprint density at radius 2 is 2.45 bits per heavy atom. The summed E-state index contributed by atoms with van der Waals surface area (Å²) in [6, 6.07) is 0.363. The first-order chi connectivity index (χ1) is 5.47. The molecule has 0 saturated heterocycles. The lowest BCUT2D eigenvalue weighted by Crippen LogP contribution is -2.29. The van der Waals surface area contributed by atoms with Crippen LogP contribution in [0.2, 0.25) is 0 Å². The summed E-state index contributed by atoms with van der Waals surface area (Å²) < 4.78 is 0. The summed E-state index contributed by atoms with van der Waals surface area (Å²) >= 11 is 0. The van der Waals surface area contributed by atoms with E-state index < -0.39 is 0 Å². The molecule has 2 aliphatic rings. The molecular formula is C9H10N2. The second kappa shape index (κ2) is 2.93. The molecule has 11 heavy (non-hydrogen) atoms. The number of allylic oxidation sites excluding steroid dienone is 2. The van der Waals surface area contributed by atoms with Gasteiger partial charge in [-0.2, -0.15) is 0 Å². The van der Waals surface area contributed by atoms with Gasteiger partial charge in [-0.3, -0.25) is 0 Å². The highest BCUT2D eigenvalue weighted by atomic mass is 15.0. The molecule has 0 aromatic rings. The fourth-order valence-electron chi connectivity index (χ4n) is 1.23. The molecule has 0 fully saturated rings. The normalized spacial score (nSPS) is 28.4. The second-order valence-electron chi connectivity index (χ2n) is 2.57. The Kier molecular flexibility index (Phi) is 1.78. The maximum atomic E-state index is 3.30. The van der Waals surface area contributed by atoms with E-state index in [4.69, 9.17) is 0 Å². The van der Waals surface area contributed by atoms with Crippen LogP contribution >= 0.6 is 0 Å². The van der Waals surface area contributed by atoms with Gasteiger partial charge >= 0.3 is 0 Å². The van der Waals surface area contributed by atoms with Crippen LogP contribution < -0.4 is 10.6 Å². The maximum Gasteiger partial charge on any atom is 0.103 e. The number of nitrogens with one attached hydrogen (secondary N) is 2. The minimum absolute atomic E-state index is 0.363. The van der Waals surface area contributed by atoms with E-state index >= 15 is 0 Å². The number of fused-ring (bicyclic) bond motifs is 1. The van der Waals surface area contributed by atoms with E-state index in [1.165, 1.54) is 5.57 Å². The van der Waals surface area contributed by atoms with E-state index in [1.807, 2.05) is 12.3 Å². The third-order valence-corrected chi connectivity index (χ3v) is 1.81. The van der Waals surface area contributed by atoms with E-state index in [1.54, 1.807) is 0 Å². The van der Waals surface area contributed by atoms with Crippen LogP contribution in [-0.2, 0) is 0 Å². The first-order valence-corrected chi connectivity index (χ1v) is 3.73. The van der Waals surface area contributed by atoms with Gasteiger partial charge in [-0.1, -0.05) is 24.3 Å². The quantitative estimate of drug-likeness (QED) is 0.523. The lowest BCUT2D eigenvalue weighted by atomic mass is 10.0. The van der Waals surface area contributed by atoms with Gasteiger partial charge in [0.1, 0.15) is 6.54 Å². The van der Waals surface area contributed by atoms with Gasteiger partial charge in [-0.05, 0) is 5.57 Å². The summed E-state index contributed by atoms with van der Waals surface area (Å²) in [5.41, 5.74) is 1.26. The smallest absolute Gasteiger partial charge is 0.103 e. The van der Waals surface area contributed by atoms with Crippen LogP contribution in [0.1, 0.15) is 0 Å². The zero-order valence-electron chi connectivity index (χ0n) is 6.17. The molecule has 2 radical (unpaired) electrons.